The van der Waals surface area contributed by atoms with Gasteiger partial charge in [0.05, 0.1) is 24.0 Å². The van der Waals surface area contributed by atoms with Crippen LogP contribution in [0.15, 0.2) is 41.3 Å². The Labute approximate surface area is 146 Å². The molecule has 2 aliphatic rings. The second-order valence-corrected chi connectivity index (χ2v) is 10.8. The Morgan fingerprint density at radius 3 is 2.25 bits per heavy atom. The minimum atomic E-state index is -3.53. The van der Waals surface area contributed by atoms with Crippen LogP contribution in [0.2, 0.25) is 0 Å². The number of fused-ring (bicyclic) bond motifs is 2. The highest BCUT2D eigenvalue weighted by molar-refractivity contribution is 7.94. The largest absolute Gasteiger partial charge is 0.350 e. The van der Waals surface area contributed by atoms with E-state index in [-0.39, 0.29) is 19.1 Å². The van der Waals surface area contributed by atoms with Crippen molar-refractivity contribution in [2.24, 2.45) is 11.8 Å². The Balaban J connectivity index is 2.10. The summed E-state index contributed by atoms with van der Waals surface area (Å²) in [6, 6.07) is 7.61. The molecule has 1 aromatic rings. The van der Waals surface area contributed by atoms with Crippen LogP contribution in [0.3, 0.4) is 0 Å². The van der Waals surface area contributed by atoms with E-state index in [0.29, 0.717) is 17.2 Å². The fraction of sp³-hybridized carbons (Fsp3) is 0.556. The molecule has 1 aromatic carbocycles. The monoisotopic (exact) mass is 368 g/mol. The smallest absolute Gasteiger partial charge is 0.308 e. The van der Waals surface area contributed by atoms with Crippen molar-refractivity contribution in [2.75, 3.05) is 13.2 Å². The maximum Gasteiger partial charge on any atom is 0.350 e. The van der Waals surface area contributed by atoms with Gasteiger partial charge in [0.1, 0.15) is 0 Å². The number of benzene rings is 1. The zero-order valence-electron chi connectivity index (χ0n) is 14.4. The fourth-order valence-electron chi connectivity index (χ4n) is 3.88. The van der Waals surface area contributed by atoms with E-state index in [1.807, 2.05) is 31.2 Å². The first-order valence-corrected chi connectivity index (χ1v) is 11.2. The second kappa shape index (κ2) is 6.87. The second-order valence-electron chi connectivity index (χ2n) is 6.45. The molecule has 0 spiro atoms. The zero-order chi connectivity index (χ0) is 17.4. The Morgan fingerprint density at radius 1 is 1.17 bits per heavy atom. The summed E-state index contributed by atoms with van der Waals surface area (Å²) in [6.45, 7) is 6.17. The molecule has 132 valence electrons. The molecule has 0 radical (unpaired) electrons. The van der Waals surface area contributed by atoms with Crippen molar-refractivity contribution in [3.8, 4) is 0 Å². The molecule has 3 rings (SSSR count). The van der Waals surface area contributed by atoms with Crippen LogP contribution in [0, 0.1) is 18.8 Å². The third kappa shape index (κ3) is 2.76. The third-order valence-corrected chi connectivity index (χ3v) is 10.5. The van der Waals surface area contributed by atoms with Crippen molar-refractivity contribution in [1.29, 1.82) is 0 Å². The number of hydrogen-bond acceptors (Lipinski definition) is 4. The molecule has 6 heteroatoms. The number of hydrogen-bond donors (Lipinski definition) is 0. The van der Waals surface area contributed by atoms with Gasteiger partial charge in [-0.1, -0.05) is 29.8 Å². The topological polar surface area (TPSA) is 52.6 Å². The van der Waals surface area contributed by atoms with E-state index in [0.717, 1.165) is 12.0 Å². The summed E-state index contributed by atoms with van der Waals surface area (Å²) in [7, 11) is -4.99. The maximum atomic E-state index is 13.7. The standard InChI is InChI=1S/C18H25O4PS/c1-4-21-23(19,22-5-2)18(13-15-8-9-16(18)12-15)24(20)17-10-6-14(3)7-11-17/h6-11,15-16H,4-5,12-13H2,1-3H3/t15-,16+,18+,24?/m1/s1. The molecule has 4 atom stereocenters. The van der Waals surface area contributed by atoms with Gasteiger partial charge in [-0.2, -0.15) is 0 Å². The summed E-state index contributed by atoms with van der Waals surface area (Å²) in [5, 5.41) is 0. The molecule has 24 heavy (non-hydrogen) atoms. The van der Waals surface area contributed by atoms with Crippen LogP contribution in [0.25, 0.3) is 0 Å². The normalized spacial score (nSPS) is 30.0. The summed E-state index contributed by atoms with van der Waals surface area (Å²) >= 11 is 0. The van der Waals surface area contributed by atoms with Gasteiger partial charge in [-0.05, 0) is 51.7 Å². The molecule has 1 fully saturated rings. The molecular weight excluding hydrogens is 343 g/mol. The van der Waals surface area contributed by atoms with Crippen molar-refractivity contribution >= 4 is 18.4 Å². The summed E-state index contributed by atoms with van der Waals surface area (Å²) in [5.41, 5.74) is 1.11. The molecule has 0 aromatic heterocycles. The lowest BCUT2D eigenvalue weighted by atomic mass is 10.1. The number of allylic oxidation sites excluding steroid dienone is 2. The van der Waals surface area contributed by atoms with Gasteiger partial charge >= 0.3 is 7.60 Å². The van der Waals surface area contributed by atoms with Crippen molar-refractivity contribution in [3.05, 3.63) is 42.0 Å². The Hall–Kier alpha value is -0.740. The Kier molecular flexibility index (Phi) is 5.17. The van der Waals surface area contributed by atoms with E-state index in [4.69, 9.17) is 9.05 Å². The van der Waals surface area contributed by atoms with E-state index in [9.17, 15) is 8.77 Å². The van der Waals surface area contributed by atoms with E-state index >= 15 is 0 Å². The van der Waals surface area contributed by atoms with E-state index in [1.54, 1.807) is 13.8 Å². The highest BCUT2D eigenvalue weighted by Gasteiger charge is 2.65. The lowest BCUT2D eigenvalue weighted by Crippen LogP contribution is -2.40. The van der Waals surface area contributed by atoms with Crippen LogP contribution in [0.5, 0.6) is 0 Å². The van der Waals surface area contributed by atoms with Crippen LogP contribution in [0.1, 0.15) is 32.3 Å². The first kappa shape index (κ1) is 18.1. The predicted octanol–water partition coefficient (Wildman–Crippen LogP) is 4.66. The summed E-state index contributed by atoms with van der Waals surface area (Å²) in [5.74, 6) is 0.271. The van der Waals surface area contributed by atoms with Crippen LogP contribution >= 0.6 is 7.60 Å². The van der Waals surface area contributed by atoms with E-state index < -0.39 is 22.9 Å². The van der Waals surface area contributed by atoms with Gasteiger partial charge in [0.2, 0.25) is 0 Å². The highest BCUT2D eigenvalue weighted by atomic mass is 32.2. The molecule has 2 aliphatic carbocycles. The van der Waals surface area contributed by atoms with Crippen LogP contribution in [-0.4, -0.2) is 21.9 Å². The average Bonchev–Trinajstić information content (AvgIpc) is 3.17. The molecule has 0 N–H and O–H groups in total. The van der Waals surface area contributed by atoms with Gasteiger partial charge in [-0.3, -0.25) is 8.77 Å². The fourth-order valence-corrected chi connectivity index (χ4v) is 9.18. The van der Waals surface area contributed by atoms with Gasteiger partial charge in [0.15, 0.2) is 4.49 Å². The lowest BCUT2D eigenvalue weighted by Gasteiger charge is -2.39. The molecule has 0 saturated heterocycles. The average molecular weight is 368 g/mol. The van der Waals surface area contributed by atoms with Gasteiger partial charge in [-0.25, -0.2) is 0 Å². The molecule has 0 amide bonds. The Bertz CT molecular complexity index is 689. The quantitative estimate of drug-likeness (QED) is 0.519. The van der Waals surface area contributed by atoms with E-state index in [1.165, 1.54) is 0 Å². The maximum absolute atomic E-state index is 13.7. The molecule has 4 nitrogen and oxygen atoms in total. The molecular formula is C18H25O4PS. The molecule has 1 saturated carbocycles. The van der Waals surface area contributed by atoms with E-state index in [2.05, 4.69) is 12.2 Å². The van der Waals surface area contributed by atoms with Crippen molar-refractivity contribution in [1.82, 2.24) is 0 Å². The summed E-state index contributed by atoms with van der Waals surface area (Å²) in [4.78, 5) is 0.696. The minimum absolute atomic E-state index is 0.0337. The molecule has 2 bridgehead atoms. The van der Waals surface area contributed by atoms with Crippen LogP contribution < -0.4 is 0 Å². The van der Waals surface area contributed by atoms with Gasteiger partial charge < -0.3 is 9.05 Å². The molecule has 1 unspecified atom stereocenters. The van der Waals surface area contributed by atoms with Crippen molar-refractivity contribution in [3.63, 3.8) is 0 Å². The van der Waals surface area contributed by atoms with Gasteiger partial charge in [0.25, 0.3) is 0 Å². The van der Waals surface area contributed by atoms with Crippen LogP contribution in [0.4, 0.5) is 0 Å². The predicted molar refractivity (Wildman–Crippen MR) is 96.5 cm³/mol. The third-order valence-electron chi connectivity index (χ3n) is 4.92. The Morgan fingerprint density at radius 2 is 1.79 bits per heavy atom. The molecule has 0 heterocycles. The van der Waals surface area contributed by atoms with Gasteiger partial charge in [-0.15, -0.1) is 0 Å². The summed E-state index contributed by atoms with van der Waals surface area (Å²) in [6.07, 6.45) is 5.68. The first-order valence-electron chi connectivity index (χ1n) is 8.53. The lowest BCUT2D eigenvalue weighted by molar-refractivity contribution is 0.203. The minimum Gasteiger partial charge on any atom is -0.308 e. The van der Waals surface area contributed by atoms with Crippen LogP contribution in [-0.2, 0) is 24.4 Å². The first-order chi connectivity index (χ1) is 11.5. The highest BCUT2D eigenvalue weighted by Crippen LogP contribution is 2.72. The van der Waals surface area contributed by atoms with Crippen molar-refractivity contribution < 1.29 is 17.8 Å². The SMILES string of the molecule is CCOP(=O)(OCC)[C@]1(S(=O)c2ccc(C)cc2)C[C@@H]2C=C[C@H]1C2. The summed E-state index contributed by atoms with van der Waals surface area (Å²) < 4.78 is 37.7. The number of rotatable bonds is 7. The van der Waals surface area contributed by atoms with Gasteiger partial charge in [0, 0.05) is 10.8 Å². The number of aryl methyl sites for hydroxylation is 1. The molecule has 0 aliphatic heterocycles. The van der Waals surface area contributed by atoms with Crippen molar-refractivity contribution in [2.45, 2.75) is 43.0 Å². The zero-order valence-corrected chi connectivity index (χ0v) is 16.1.